The van der Waals surface area contributed by atoms with E-state index in [0.717, 1.165) is 5.82 Å². The van der Waals surface area contributed by atoms with Gasteiger partial charge in [0.15, 0.2) is 10.8 Å². The van der Waals surface area contributed by atoms with Gasteiger partial charge >= 0.3 is 0 Å². The third-order valence-electron chi connectivity index (χ3n) is 3.24. The Morgan fingerprint density at radius 2 is 2.17 bits per heavy atom. The van der Waals surface area contributed by atoms with Crippen LogP contribution in [0.4, 0.5) is 5.69 Å². The highest BCUT2D eigenvalue weighted by molar-refractivity contribution is 7.16. The van der Waals surface area contributed by atoms with Gasteiger partial charge in [0, 0.05) is 12.4 Å². The first-order valence-electron chi connectivity index (χ1n) is 7.05. The van der Waals surface area contributed by atoms with Crippen molar-refractivity contribution in [3.63, 3.8) is 0 Å². The average molecular weight is 337 g/mol. The fraction of sp³-hybridized carbons (Fsp3) is 0. The van der Waals surface area contributed by atoms with Crippen molar-refractivity contribution >= 4 is 22.9 Å². The molecule has 0 radical (unpaired) electrons. The molecule has 24 heavy (non-hydrogen) atoms. The molecule has 0 saturated carbocycles. The summed E-state index contributed by atoms with van der Waals surface area (Å²) in [6, 6.07) is 7.18. The molecule has 0 aliphatic rings. The van der Waals surface area contributed by atoms with Crippen LogP contribution >= 0.6 is 11.3 Å². The van der Waals surface area contributed by atoms with E-state index in [2.05, 4.69) is 20.3 Å². The van der Waals surface area contributed by atoms with E-state index in [4.69, 9.17) is 4.42 Å². The van der Waals surface area contributed by atoms with Crippen LogP contribution in [0, 0.1) is 0 Å². The van der Waals surface area contributed by atoms with Crippen LogP contribution in [0.1, 0.15) is 9.67 Å². The van der Waals surface area contributed by atoms with Crippen LogP contribution in [0.5, 0.6) is 0 Å². The standard InChI is InChI=1S/C16H11N5O2S/c22-15(13-9-19-16(24-13)12-2-1-7-23-12)20-11-3-4-14(18-8-11)21-6-5-17-10-21/h1-10H,(H,20,22). The number of amides is 1. The molecule has 0 fully saturated rings. The van der Waals surface area contributed by atoms with E-state index in [1.807, 2.05) is 0 Å². The fourth-order valence-electron chi connectivity index (χ4n) is 2.09. The third kappa shape index (κ3) is 2.82. The van der Waals surface area contributed by atoms with Crippen molar-refractivity contribution in [2.75, 3.05) is 5.32 Å². The van der Waals surface area contributed by atoms with Crippen LogP contribution in [-0.2, 0) is 0 Å². The quantitative estimate of drug-likeness (QED) is 0.618. The van der Waals surface area contributed by atoms with Gasteiger partial charge in [-0.15, -0.1) is 11.3 Å². The highest BCUT2D eigenvalue weighted by Gasteiger charge is 2.13. The molecule has 4 aromatic rings. The van der Waals surface area contributed by atoms with Crippen molar-refractivity contribution < 1.29 is 9.21 Å². The molecule has 7 nitrogen and oxygen atoms in total. The molecule has 0 atom stereocenters. The van der Waals surface area contributed by atoms with Gasteiger partial charge in [0.1, 0.15) is 17.0 Å². The van der Waals surface area contributed by atoms with Gasteiger partial charge in [-0.3, -0.25) is 9.36 Å². The Balaban J connectivity index is 1.48. The second kappa shape index (κ2) is 6.09. The molecule has 0 aromatic carbocycles. The maximum absolute atomic E-state index is 12.3. The molecule has 0 saturated heterocycles. The molecular formula is C16H11N5O2S. The second-order valence-electron chi connectivity index (χ2n) is 4.84. The number of anilines is 1. The Morgan fingerprint density at radius 3 is 2.88 bits per heavy atom. The van der Waals surface area contributed by atoms with Crippen LogP contribution in [0.3, 0.4) is 0 Å². The lowest BCUT2D eigenvalue weighted by Gasteiger charge is -2.05. The summed E-state index contributed by atoms with van der Waals surface area (Å²) in [6.07, 6.45) is 9.84. The number of rotatable bonds is 4. The lowest BCUT2D eigenvalue weighted by atomic mass is 10.4. The molecule has 1 amide bonds. The van der Waals surface area contributed by atoms with E-state index in [0.29, 0.717) is 21.3 Å². The SMILES string of the molecule is O=C(Nc1ccc(-n2ccnc2)nc1)c1cnc(-c2ccco2)s1. The number of hydrogen-bond donors (Lipinski definition) is 1. The number of carbonyl (C=O) groups is 1. The van der Waals surface area contributed by atoms with Crippen LogP contribution in [0.25, 0.3) is 16.6 Å². The number of furan rings is 1. The first kappa shape index (κ1) is 14.3. The van der Waals surface area contributed by atoms with Crippen molar-refractivity contribution in [2.45, 2.75) is 0 Å². The lowest BCUT2D eigenvalue weighted by molar-refractivity contribution is 0.103. The zero-order chi connectivity index (χ0) is 16.4. The Morgan fingerprint density at radius 1 is 1.21 bits per heavy atom. The molecule has 0 unspecified atom stereocenters. The molecule has 0 aliphatic carbocycles. The third-order valence-corrected chi connectivity index (χ3v) is 4.25. The van der Waals surface area contributed by atoms with Gasteiger partial charge in [-0.25, -0.2) is 15.0 Å². The van der Waals surface area contributed by atoms with E-state index in [9.17, 15) is 4.79 Å². The van der Waals surface area contributed by atoms with E-state index in [1.54, 1.807) is 60.0 Å². The summed E-state index contributed by atoms with van der Waals surface area (Å²) in [4.78, 5) is 25.3. The van der Waals surface area contributed by atoms with E-state index in [1.165, 1.54) is 17.5 Å². The van der Waals surface area contributed by atoms with Crippen molar-refractivity contribution in [3.05, 3.63) is 66.5 Å². The number of imidazole rings is 1. The Bertz CT molecular complexity index is 943. The van der Waals surface area contributed by atoms with Gasteiger partial charge in [0.25, 0.3) is 5.91 Å². The number of hydrogen-bond acceptors (Lipinski definition) is 6. The zero-order valence-electron chi connectivity index (χ0n) is 12.3. The molecule has 0 aliphatic heterocycles. The van der Waals surface area contributed by atoms with Crippen molar-refractivity contribution in [1.29, 1.82) is 0 Å². The minimum atomic E-state index is -0.234. The number of carbonyl (C=O) groups excluding carboxylic acids is 1. The van der Waals surface area contributed by atoms with Crippen LogP contribution in [-0.4, -0.2) is 25.4 Å². The van der Waals surface area contributed by atoms with Gasteiger partial charge in [0.05, 0.1) is 24.3 Å². The highest BCUT2D eigenvalue weighted by Crippen LogP contribution is 2.25. The predicted octanol–water partition coefficient (Wildman–Crippen LogP) is 3.24. The molecule has 8 heteroatoms. The number of thiazole rings is 1. The lowest BCUT2D eigenvalue weighted by Crippen LogP contribution is -2.10. The minimum absolute atomic E-state index is 0.234. The smallest absolute Gasteiger partial charge is 0.267 e. The highest BCUT2D eigenvalue weighted by atomic mass is 32.1. The molecule has 4 heterocycles. The van der Waals surface area contributed by atoms with Crippen molar-refractivity contribution in [2.24, 2.45) is 0 Å². The Hall–Kier alpha value is -3.26. The Labute approximate surface area is 140 Å². The van der Waals surface area contributed by atoms with Crippen molar-refractivity contribution in [1.82, 2.24) is 19.5 Å². The van der Waals surface area contributed by atoms with Gasteiger partial charge in [0.2, 0.25) is 0 Å². The van der Waals surface area contributed by atoms with E-state index in [-0.39, 0.29) is 5.91 Å². The molecule has 4 aromatic heterocycles. The normalized spacial score (nSPS) is 10.7. The second-order valence-corrected chi connectivity index (χ2v) is 5.87. The molecule has 0 bridgehead atoms. The predicted molar refractivity (Wildman–Crippen MR) is 89.1 cm³/mol. The first-order valence-corrected chi connectivity index (χ1v) is 7.87. The molecular weight excluding hydrogens is 326 g/mol. The number of aromatic nitrogens is 4. The van der Waals surface area contributed by atoms with Crippen LogP contribution in [0.15, 0.2) is 66.1 Å². The summed E-state index contributed by atoms with van der Waals surface area (Å²) in [5.74, 6) is 1.14. The molecule has 4 rings (SSSR count). The van der Waals surface area contributed by atoms with E-state index < -0.39 is 0 Å². The first-order chi connectivity index (χ1) is 11.8. The summed E-state index contributed by atoms with van der Waals surface area (Å²) in [5.41, 5.74) is 0.608. The van der Waals surface area contributed by atoms with Gasteiger partial charge < -0.3 is 9.73 Å². The van der Waals surface area contributed by atoms with Gasteiger partial charge in [-0.05, 0) is 24.3 Å². The topological polar surface area (TPSA) is 85.8 Å². The summed E-state index contributed by atoms with van der Waals surface area (Å²) < 4.78 is 7.06. The number of nitrogens with zero attached hydrogens (tertiary/aromatic N) is 4. The number of pyridine rings is 1. The molecule has 118 valence electrons. The van der Waals surface area contributed by atoms with E-state index >= 15 is 0 Å². The maximum atomic E-state index is 12.3. The Kier molecular flexibility index (Phi) is 3.64. The largest absolute Gasteiger partial charge is 0.462 e. The van der Waals surface area contributed by atoms with Crippen LogP contribution in [0.2, 0.25) is 0 Å². The summed E-state index contributed by atoms with van der Waals surface area (Å²) in [5, 5.41) is 3.47. The maximum Gasteiger partial charge on any atom is 0.267 e. The average Bonchev–Trinajstić information content (AvgIpc) is 3.35. The van der Waals surface area contributed by atoms with Crippen molar-refractivity contribution in [3.8, 4) is 16.6 Å². The number of nitrogens with one attached hydrogen (secondary N) is 1. The fourth-order valence-corrected chi connectivity index (χ4v) is 2.87. The molecule has 1 N–H and O–H groups in total. The van der Waals surface area contributed by atoms with Gasteiger partial charge in [-0.1, -0.05) is 0 Å². The van der Waals surface area contributed by atoms with Crippen LogP contribution < -0.4 is 5.32 Å². The summed E-state index contributed by atoms with van der Waals surface area (Å²) in [7, 11) is 0. The summed E-state index contributed by atoms with van der Waals surface area (Å²) >= 11 is 1.27. The minimum Gasteiger partial charge on any atom is -0.462 e. The summed E-state index contributed by atoms with van der Waals surface area (Å²) in [6.45, 7) is 0. The molecule has 0 spiro atoms. The van der Waals surface area contributed by atoms with Gasteiger partial charge in [-0.2, -0.15) is 0 Å². The zero-order valence-corrected chi connectivity index (χ0v) is 13.1. The monoisotopic (exact) mass is 337 g/mol.